The molecule has 0 atom stereocenters. The Labute approximate surface area is 103 Å². The highest BCUT2D eigenvalue weighted by Crippen LogP contribution is 2.30. The Bertz CT molecular complexity index is 612. The number of nitrogen functional groups attached to an aromatic ring is 1. The van der Waals surface area contributed by atoms with Crippen LogP contribution in [0.5, 0.6) is 5.75 Å². The van der Waals surface area contributed by atoms with Crippen molar-refractivity contribution in [3.05, 3.63) is 18.2 Å². The van der Waals surface area contributed by atoms with Gasteiger partial charge in [0.15, 0.2) is 5.82 Å². The van der Waals surface area contributed by atoms with E-state index in [1.54, 1.807) is 18.2 Å². The molecule has 1 aromatic heterocycles. The summed E-state index contributed by atoms with van der Waals surface area (Å²) < 4.78 is 5.19. The van der Waals surface area contributed by atoms with Crippen molar-refractivity contribution in [3.63, 3.8) is 0 Å². The summed E-state index contributed by atoms with van der Waals surface area (Å²) in [5, 5.41) is 9.54. The van der Waals surface area contributed by atoms with Crippen molar-refractivity contribution in [2.24, 2.45) is 10.7 Å². The molecule has 1 aromatic carbocycles. The fraction of sp³-hybridized carbons (Fsp3) is 0.182. The van der Waals surface area contributed by atoms with Crippen LogP contribution < -0.4 is 16.2 Å². The van der Waals surface area contributed by atoms with E-state index in [1.807, 2.05) is 0 Å². The largest absolute Gasteiger partial charge is 0.494 e. The van der Waals surface area contributed by atoms with Crippen LogP contribution in [0.25, 0.3) is 10.9 Å². The van der Waals surface area contributed by atoms with Crippen molar-refractivity contribution in [2.75, 3.05) is 19.5 Å². The smallest absolute Gasteiger partial charge is 0.222 e. The lowest BCUT2D eigenvalue weighted by molar-refractivity contribution is 0.356. The van der Waals surface area contributed by atoms with Gasteiger partial charge in [0.05, 0.1) is 7.11 Å². The number of anilines is 1. The molecule has 94 valence electrons. The Hall–Kier alpha value is -2.41. The molecule has 0 spiro atoms. The minimum absolute atomic E-state index is 0.0530. The molecule has 1 heterocycles. The number of aliphatic hydroxyl groups excluding tert-OH is 1. The van der Waals surface area contributed by atoms with Gasteiger partial charge >= 0.3 is 0 Å². The third-order valence-electron chi connectivity index (χ3n) is 2.32. The number of aliphatic hydroxyl groups is 1. The molecule has 7 heteroatoms. The van der Waals surface area contributed by atoms with Crippen molar-refractivity contribution in [1.29, 1.82) is 0 Å². The van der Waals surface area contributed by atoms with Crippen LogP contribution in [0.4, 0.5) is 11.8 Å². The molecule has 7 nitrogen and oxygen atoms in total. The topological polar surface area (TPSA) is 120 Å². The molecule has 18 heavy (non-hydrogen) atoms. The van der Waals surface area contributed by atoms with Crippen molar-refractivity contribution < 1.29 is 9.84 Å². The van der Waals surface area contributed by atoms with Crippen molar-refractivity contribution >= 4 is 28.5 Å². The molecule has 0 fully saturated rings. The van der Waals surface area contributed by atoms with E-state index in [-0.39, 0.29) is 18.4 Å². The van der Waals surface area contributed by atoms with Crippen LogP contribution in [0.15, 0.2) is 23.2 Å². The summed E-state index contributed by atoms with van der Waals surface area (Å²) in [6.45, 7) is -0.352. The van der Waals surface area contributed by atoms with Crippen LogP contribution in [-0.2, 0) is 0 Å². The lowest BCUT2D eigenvalue weighted by Gasteiger charge is -2.07. The number of benzene rings is 1. The maximum absolute atomic E-state index is 8.88. The molecule has 2 rings (SSSR count). The zero-order valence-corrected chi connectivity index (χ0v) is 9.79. The summed E-state index contributed by atoms with van der Waals surface area (Å²) in [6, 6.07) is 5.33. The van der Waals surface area contributed by atoms with Crippen molar-refractivity contribution in [3.8, 4) is 5.75 Å². The fourth-order valence-electron chi connectivity index (χ4n) is 1.55. The van der Waals surface area contributed by atoms with Gasteiger partial charge in [-0.3, -0.25) is 0 Å². The average molecular weight is 247 g/mol. The highest BCUT2D eigenvalue weighted by molar-refractivity contribution is 5.95. The molecule has 0 amide bonds. The van der Waals surface area contributed by atoms with Gasteiger partial charge in [0.25, 0.3) is 0 Å². The van der Waals surface area contributed by atoms with Crippen LogP contribution in [0, 0.1) is 0 Å². The third kappa shape index (κ3) is 2.16. The van der Waals surface area contributed by atoms with Crippen LogP contribution in [-0.4, -0.2) is 34.6 Å². The van der Waals surface area contributed by atoms with Crippen LogP contribution in [0.3, 0.4) is 0 Å². The Morgan fingerprint density at radius 1 is 1.44 bits per heavy atom. The van der Waals surface area contributed by atoms with Crippen molar-refractivity contribution in [2.45, 2.75) is 0 Å². The van der Waals surface area contributed by atoms with E-state index in [0.717, 1.165) is 0 Å². The minimum Gasteiger partial charge on any atom is -0.494 e. The van der Waals surface area contributed by atoms with Gasteiger partial charge in [0.1, 0.15) is 23.7 Å². The number of nitrogens with zero attached hydrogens (tertiary/aromatic N) is 3. The lowest BCUT2D eigenvalue weighted by Crippen LogP contribution is -2.15. The summed E-state index contributed by atoms with van der Waals surface area (Å²) in [5.41, 5.74) is 11.7. The number of amidine groups is 1. The number of rotatable bonds is 3. The fourth-order valence-corrected chi connectivity index (χ4v) is 1.55. The molecule has 5 N–H and O–H groups in total. The maximum atomic E-state index is 8.88. The number of hydrogen-bond acceptors (Lipinski definition) is 6. The second-order valence-electron chi connectivity index (χ2n) is 3.52. The van der Waals surface area contributed by atoms with Gasteiger partial charge in [-0.15, -0.1) is 0 Å². The van der Waals surface area contributed by atoms with Crippen LogP contribution >= 0.6 is 0 Å². The number of hydrogen-bond donors (Lipinski definition) is 3. The molecule has 0 unspecified atom stereocenters. The third-order valence-corrected chi connectivity index (χ3v) is 2.32. The first-order valence-electron chi connectivity index (χ1n) is 5.20. The second kappa shape index (κ2) is 4.84. The number of aliphatic imine (C=N–C) groups is 1. The number of fused-ring (bicyclic) bond motifs is 1. The monoisotopic (exact) mass is 247 g/mol. The first kappa shape index (κ1) is 12.1. The number of nitrogens with two attached hydrogens (primary N) is 2. The quantitative estimate of drug-likeness (QED) is 0.526. The van der Waals surface area contributed by atoms with Gasteiger partial charge in [0.2, 0.25) is 5.95 Å². The maximum Gasteiger partial charge on any atom is 0.222 e. The summed E-state index contributed by atoms with van der Waals surface area (Å²) in [4.78, 5) is 12.1. The molecular weight excluding hydrogens is 234 g/mol. The zero-order chi connectivity index (χ0) is 13.1. The Morgan fingerprint density at radius 2 is 2.22 bits per heavy atom. The molecule has 0 bridgehead atoms. The molecule has 2 aromatic rings. The normalized spacial score (nSPS) is 11.8. The predicted octanol–water partition coefficient (Wildman–Crippen LogP) is 0.202. The molecule has 0 aliphatic carbocycles. The summed E-state index contributed by atoms with van der Waals surface area (Å²) >= 11 is 0. The SMILES string of the molecule is COc1cccc2c(N=C(N)CO)nc(N)nc12. The first-order chi connectivity index (χ1) is 8.65. The van der Waals surface area contributed by atoms with E-state index in [0.29, 0.717) is 22.5 Å². The minimum atomic E-state index is -0.352. The highest BCUT2D eigenvalue weighted by atomic mass is 16.5. The number of methoxy groups -OCH3 is 1. The standard InChI is InChI=1S/C11H13N5O2/c1-18-7-4-2-3-6-9(7)15-11(13)16-10(6)14-8(12)5-17/h2-4,17H,5H2,1H3,(H4,12,13,14,15,16). The van der Waals surface area contributed by atoms with Gasteiger partial charge < -0.3 is 21.3 Å². The Morgan fingerprint density at radius 3 is 2.89 bits per heavy atom. The molecular formula is C11H13N5O2. The first-order valence-corrected chi connectivity index (χ1v) is 5.20. The summed E-state index contributed by atoms with van der Waals surface area (Å²) in [7, 11) is 1.54. The van der Waals surface area contributed by atoms with E-state index >= 15 is 0 Å². The Balaban J connectivity index is 2.74. The Kier molecular flexibility index (Phi) is 3.24. The average Bonchev–Trinajstić information content (AvgIpc) is 2.37. The summed E-state index contributed by atoms with van der Waals surface area (Å²) in [6.07, 6.45) is 0. The second-order valence-corrected chi connectivity index (χ2v) is 3.52. The number of aromatic nitrogens is 2. The van der Waals surface area contributed by atoms with Crippen LogP contribution in [0.2, 0.25) is 0 Å². The predicted molar refractivity (Wildman–Crippen MR) is 68.9 cm³/mol. The zero-order valence-electron chi connectivity index (χ0n) is 9.79. The van der Waals surface area contributed by atoms with Crippen molar-refractivity contribution in [1.82, 2.24) is 9.97 Å². The van der Waals surface area contributed by atoms with E-state index in [2.05, 4.69) is 15.0 Å². The number of ether oxygens (including phenoxy) is 1. The number of para-hydroxylation sites is 1. The molecule has 0 aliphatic heterocycles. The van der Waals surface area contributed by atoms with Gasteiger partial charge in [-0.25, -0.2) is 9.98 Å². The molecule has 0 saturated carbocycles. The molecule has 0 radical (unpaired) electrons. The van der Waals surface area contributed by atoms with Gasteiger partial charge in [-0.05, 0) is 12.1 Å². The lowest BCUT2D eigenvalue weighted by atomic mass is 10.2. The van der Waals surface area contributed by atoms with Gasteiger partial charge in [0, 0.05) is 5.39 Å². The van der Waals surface area contributed by atoms with E-state index < -0.39 is 0 Å². The van der Waals surface area contributed by atoms with E-state index in [1.165, 1.54) is 7.11 Å². The molecule has 0 aliphatic rings. The molecule has 0 saturated heterocycles. The van der Waals surface area contributed by atoms with E-state index in [4.69, 9.17) is 21.3 Å². The van der Waals surface area contributed by atoms with E-state index in [9.17, 15) is 0 Å². The highest BCUT2D eigenvalue weighted by Gasteiger charge is 2.09. The van der Waals surface area contributed by atoms with Gasteiger partial charge in [-0.2, -0.15) is 4.98 Å². The van der Waals surface area contributed by atoms with Crippen LogP contribution in [0.1, 0.15) is 0 Å². The summed E-state index contributed by atoms with van der Waals surface area (Å²) in [5.74, 6) is 0.997. The van der Waals surface area contributed by atoms with Gasteiger partial charge in [-0.1, -0.05) is 6.07 Å².